The first kappa shape index (κ1) is 24.4. The van der Waals surface area contributed by atoms with Crippen LogP contribution in [0.2, 0.25) is 5.15 Å². The van der Waals surface area contributed by atoms with Crippen molar-refractivity contribution >= 4 is 110 Å². The van der Waals surface area contributed by atoms with Gasteiger partial charge in [-0.3, -0.25) is 4.57 Å². The van der Waals surface area contributed by atoms with Crippen LogP contribution >= 0.6 is 11.6 Å². The summed E-state index contributed by atoms with van der Waals surface area (Å²) >= 11 is 7.08. The molecule has 0 unspecified atom stereocenters. The van der Waals surface area contributed by atoms with Crippen LogP contribution in [0.1, 0.15) is 0 Å². The van der Waals surface area contributed by atoms with Crippen molar-refractivity contribution in [3.05, 3.63) is 126 Å². The third-order valence-corrected chi connectivity index (χ3v) is 9.74. The predicted octanol–water partition coefficient (Wildman–Crippen LogP) is 11.5. The van der Waals surface area contributed by atoms with Crippen LogP contribution in [-0.4, -0.2) is 14.5 Å². The lowest BCUT2D eigenvalue weighted by Gasteiger charge is -2.10. The predicted molar refractivity (Wildman–Crippen MR) is 188 cm³/mol. The number of aromatic nitrogens is 3. The molecule has 46 heavy (non-hydrogen) atoms. The van der Waals surface area contributed by atoms with Gasteiger partial charge < -0.3 is 8.83 Å². The van der Waals surface area contributed by atoms with Gasteiger partial charge in [-0.05, 0) is 56.6 Å². The van der Waals surface area contributed by atoms with Crippen molar-refractivity contribution in [2.75, 3.05) is 0 Å². The molecule has 4 heterocycles. The van der Waals surface area contributed by atoms with E-state index in [-0.39, 0.29) is 5.15 Å². The fraction of sp³-hybridized carbons (Fsp3) is 0. The van der Waals surface area contributed by atoms with Crippen LogP contribution in [0, 0.1) is 0 Å². The van der Waals surface area contributed by atoms with E-state index in [9.17, 15) is 0 Å². The smallest absolute Gasteiger partial charge is 0.247 e. The number of rotatable bonds is 1. The Morgan fingerprint density at radius 1 is 0.500 bits per heavy atom. The van der Waals surface area contributed by atoms with E-state index < -0.39 is 0 Å². The molecule has 4 aromatic heterocycles. The molecule has 5 nitrogen and oxygen atoms in total. The standard InChI is InChI=1S/C40H20ClN3O2/c41-38-39(42-35-27-15-7-8-16-29(27)46-40(35)43-38)44-28-19-17-21-9-1-3-11-23(21)31(28)33-25-13-5-6-14-26(25)34-32-24-12-4-2-10-22(24)18-20-30(32)45-37(34)36(33)44/h1-20H. The number of benzene rings is 7. The molecule has 0 atom stereocenters. The van der Waals surface area contributed by atoms with E-state index in [1.165, 1.54) is 5.39 Å². The van der Waals surface area contributed by atoms with Crippen LogP contribution in [0.25, 0.3) is 104 Å². The Labute approximate surface area is 264 Å². The van der Waals surface area contributed by atoms with E-state index in [1.54, 1.807) is 0 Å². The minimum absolute atomic E-state index is 0.251. The normalized spacial score (nSPS) is 12.5. The largest absolute Gasteiger partial charge is 0.454 e. The zero-order valence-electron chi connectivity index (χ0n) is 24.1. The molecule has 0 aliphatic carbocycles. The molecule has 0 aliphatic rings. The summed E-state index contributed by atoms with van der Waals surface area (Å²) in [7, 11) is 0. The second-order valence-corrected chi connectivity index (χ2v) is 12.2. The molecule has 0 saturated carbocycles. The third kappa shape index (κ3) is 3.00. The molecule has 0 N–H and O–H groups in total. The summed E-state index contributed by atoms with van der Waals surface area (Å²) in [4.78, 5) is 9.97. The molecule has 0 amide bonds. The quantitative estimate of drug-likeness (QED) is 0.186. The lowest BCUT2D eigenvalue weighted by atomic mass is 9.95. The Balaban J connectivity index is 1.46. The number of furan rings is 2. The molecule has 0 saturated heterocycles. The maximum absolute atomic E-state index is 7.08. The summed E-state index contributed by atoms with van der Waals surface area (Å²) in [5.74, 6) is 0.526. The molecular weight excluding hydrogens is 590 g/mol. The van der Waals surface area contributed by atoms with Gasteiger partial charge >= 0.3 is 0 Å². The van der Waals surface area contributed by atoms with Gasteiger partial charge in [0.15, 0.2) is 16.6 Å². The van der Waals surface area contributed by atoms with Crippen molar-refractivity contribution in [3.8, 4) is 5.82 Å². The van der Waals surface area contributed by atoms with Gasteiger partial charge in [0.05, 0.1) is 11.0 Å². The molecule has 0 spiro atoms. The number of hydrogen-bond acceptors (Lipinski definition) is 4. The van der Waals surface area contributed by atoms with Gasteiger partial charge in [-0.2, -0.15) is 4.98 Å². The van der Waals surface area contributed by atoms with Crippen molar-refractivity contribution in [1.82, 2.24) is 14.5 Å². The van der Waals surface area contributed by atoms with Crippen molar-refractivity contribution in [2.24, 2.45) is 0 Å². The van der Waals surface area contributed by atoms with Gasteiger partial charge in [0.1, 0.15) is 16.7 Å². The van der Waals surface area contributed by atoms with Crippen LogP contribution in [0.4, 0.5) is 0 Å². The number of fused-ring (bicyclic) bond motifs is 17. The number of hydrogen-bond donors (Lipinski definition) is 0. The van der Waals surface area contributed by atoms with E-state index in [0.29, 0.717) is 17.0 Å². The van der Waals surface area contributed by atoms with E-state index >= 15 is 0 Å². The molecule has 6 heteroatoms. The van der Waals surface area contributed by atoms with Crippen LogP contribution in [0.3, 0.4) is 0 Å². The van der Waals surface area contributed by atoms with Crippen LogP contribution in [0.15, 0.2) is 130 Å². The maximum atomic E-state index is 7.08. The molecule has 0 bridgehead atoms. The first-order valence-corrected chi connectivity index (χ1v) is 15.6. The number of nitrogens with zero attached hydrogens (tertiary/aromatic N) is 3. The van der Waals surface area contributed by atoms with E-state index in [2.05, 4.69) is 102 Å². The summed E-state index contributed by atoms with van der Waals surface area (Å²) < 4.78 is 15.1. The molecule has 0 fully saturated rings. The van der Waals surface area contributed by atoms with E-state index in [0.717, 1.165) is 81.6 Å². The Morgan fingerprint density at radius 2 is 1.13 bits per heavy atom. The van der Waals surface area contributed by atoms with Crippen LogP contribution < -0.4 is 0 Å². The molecule has 214 valence electrons. The van der Waals surface area contributed by atoms with Gasteiger partial charge in [-0.1, -0.05) is 109 Å². The van der Waals surface area contributed by atoms with E-state index in [4.69, 9.17) is 30.4 Å². The van der Waals surface area contributed by atoms with Gasteiger partial charge in [-0.25, -0.2) is 4.98 Å². The Kier molecular flexibility index (Phi) is 4.58. The highest BCUT2D eigenvalue weighted by Crippen LogP contribution is 2.48. The highest BCUT2D eigenvalue weighted by Gasteiger charge is 2.27. The van der Waals surface area contributed by atoms with Gasteiger partial charge in [-0.15, -0.1) is 0 Å². The van der Waals surface area contributed by atoms with Crippen molar-refractivity contribution in [1.29, 1.82) is 0 Å². The fourth-order valence-electron chi connectivity index (χ4n) is 7.61. The van der Waals surface area contributed by atoms with Crippen molar-refractivity contribution in [2.45, 2.75) is 0 Å². The summed E-state index contributed by atoms with van der Waals surface area (Å²) in [6.07, 6.45) is 0. The second-order valence-electron chi connectivity index (χ2n) is 11.8. The molecule has 7 aromatic carbocycles. The highest BCUT2D eigenvalue weighted by molar-refractivity contribution is 6.40. The second kappa shape index (κ2) is 8.62. The lowest BCUT2D eigenvalue weighted by Crippen LogP contribution is -2.01. The minimum atomic E-state index is 0.251. The van der Waals surface area contributed by atoms with Crippen LogP contribution in [0.5, 0.6) is 0 Å². The molecule has 0 radical (unpaired) electrons. The Bertz CT molecular complexity index is 3110. The first-order chi connectivity index (χ1) is 22.7. The highest BCUT2D eigenvalue weighted by atomic mass is 35.5. The average Bonchev–Trinajstić information content (AvgIpc) is 3.78. The summed E-state index contributed by atoms with van der Waals surface area (Å²) in [6, 6.07) is 42.0. The third-order valence-electron chi connectivity index (χ3n) is 9.48. The maximum Gasteiger partial charge on any atom is 0.247 e. The average molecular weight is 610 g/mol. The summed E-state index contributed by atoms with van der Waals surface area (Å²) in [5.41, 5.74) is 5.29. The van der Waals surface area contributed by atoms with E-state index in [1.807, 2.05) is 24.3 Å². The monoisotopic (exact) mass is 609 g/mol. The Morgan fingerprint density at radius 3 is 1.91 bits per heavy atom. The fourth-order valence-corrected chi connectivity index (χ4v) is 7.81. The summed E-state index contributed by atoms with van der Waals surface area (Å²) in [6.45, 7) is 0. The number of para-hydroxylation sites is 1. The molecule has 11 rings (SSSR count). The zero-order chi connectivity index (χ0) is 30.1. The molecular formula is C40H20ClN3O2. The van der Waals surface area contributed by atoms with Gasteiger partial charge in [0, 0.05) is 26.9 Å². The van der Waals surface area contributed by atoms with Crippen molar-refractivity contribution in [3.63, 3.8) is 0 Å². The zero-order valence-corrected chi connectivity index (χ0v) is 24.8. The SMILES string of the molecule is Clc1nc2oc3ccccc3c2nc1-n1c2ccc3ccccc3c2c2c3ccccc3c3c(oc4ccc5ccccc5c43)c21. The van der Waals surface area contributed by atoms with Gasteiger partial charge in [0.25, 0.3) is 0 Å². The van der Waals surface area contributed by atoms with Crippen LogP contribution in [-0.2, 0) is 0 Å². The Hall–Kier alpha value is -5.91. The molecule has 11 aromatic rings. The first-order valence-electron chi connectivity index (χ1n) is 15.2. The lowest BCUT2D eigenvalue weighted by molar-refractivity contribution is 0.652. The minimum Gasteiger partial charge on any atom is -0.454 e. The van der Waals surface area contributed by atoms with Gasteiger partial charge in [0.2, 0.25) is 5.71 Å². The summed E-state index contributed by atoms with van der Waals surface area (Å²) in [5, 5.41) is 12.4. The number of halogens is 1. The van der Waals surface area contributed by atoms with Crippen molar-refractivity contribution < 1.29 is 8.83 Å². The topological polar surface area (TPSA) is 57.0 Å². The molecule has 0 aliphatic heterocycles.